The Morgan fingerprint density at radius 3 is 2.46 bits per heavy atom. The highest BCUT2D eigenvalue weighted by molar-refractivity contribution is 5.61. The monoisotopic (exact) mass is 323 g/mol. The molecule has 3 aromatic rings. The third kappa shape index (κ3) is 3.63. The minimum Gasteiger partial charge on any atom is -0.488 e. The SMILES string of the molecule is Cc1cc(-c2noc(CCN)n2)cc(C)c1OCc1ccccc1. The molecule has 0 atom stereocenters. The molecule has 2 N–H and O–H groups in total. The van der Waals surface area contributed by atoms with E-state index >= 15 is 0 Å². The summed E-state index contributed by atoms with van der Waals surface area (Å²) in [5.74, 6) is 2.04. The largest absolute Gasteiger partial charge is 0.488 e. The normalized spacial score (nSPS) is 10.8. The van der Waals surface area contributed by atoms with Crippen molar-refractivity contribution >= 4 is 0 Å². The maximum Gasteiger partial charge on any atom is 0.228 e. The molecule has 0 aliphatic rings. The summed E-state index contributed by atoms with van der Waals surface area (Å²) < 4.78 is 11.2. The topological polar surface area (TPSA) is 74.2 Å². The lowest BCUT2D eigenvalue weighted by molar-refractivity contribution is 0.302. The summed E-state index contributed by atoms with van der Waals surface area (Å²) in [7, 11) is 0. The second kappa shape index (κ2) is 7.27. The fourth-order valence-electron chi connectivity index (χ4n) is 2.63. The number of nitrogens with zero attached hydrogens (tertiary/aromatic N) is 2. The Kier molecular flexibility index (Phi) is 4.91. The van der Waals surface area contributed by atoms with Crippen molar-refractivity contribution < 1.29 is 9.26 Å². The number of aromatic nitrogens is 2. The van der Waals surface area contributed by atoms with Gasteiger partial charge in [-0.2, -0.15) is 4.98 Å². The highest BCUT2D eigenvalue weighted by Crippen LogP contribution is 2.29. The van der Waals surface area contributed by atoms with Crippen molar-refractivity contribution in [2.45, 2.75) is 26.9 Å². The van der Waals surface area contributed by atoms with E-state index in [1.165, 1.54) is 0 Å². The fraction of sp³-hybridized carbons (Fsp3) is 0.263. The predicted molar refractivity (Wildman–Crippen MR) is 92.7 cm³/mol. The van der Waals surface area contributed by atoms with Crippen LogP contribution in [0.15, 0.2) is 47.0 Å². The first-order chi connectivity index (χ1) is 11.7. The second-order valence-corrected chi connectivity index (χ2v) is 5.76. The number of rotatable bonds is 6. The highest BCUT2D eigenvalue weighted by atomic mass is 16.5. The molecule has 0 amide bonds. The van der Waals surface area contributed by atoms with E-state index in [9.17, 15) is 0 Å². The summed E-state index contributed by atoms with van der Waals surface area (Å²) in [6.45, 7) is 5.09. The molecule has 24 heavy (non-hydrogen) atoms. The summed E-state index contributed by atoms with van der Waals surface area (Å²) in [6, 6.07) is 14.2. The quantitative estimate of drug-likeness (QED) is 0.752. The van der Waals surface area contributed by atoms with Gasteiger partial charge in [0.1, 0.15) is 12.4 Å². The Morgan fingerprint density at radius 1 is 1.08 bits per heavy atom. The molecule has 0 fully saturated rings. The van der Waals surface area contributed by atoms with E-state index < -0.39 is 0 Å². The average molecular weight is 323 g/mol. The van der Waals surface area contributed by atoms with Gasteiger partial charge in [-0.05, 0) is 42.7 Å². The van der Waals surface area contributed by atoms with Crippen molar-refractivity contribution in [1.82, 2.24) is 10.1 Å². The molecule has 0 unspecified atom stereocenters. The van der Waals surface area contributed by atoms with Crippen LogP contribution in [0.4, 0.5) is 0 Å². The van der Waals surface area contributed by atoms with Crippen LogP contribution in [-0.2, 0) is 13.0 Å². The minimum atomic E-state index is 0.492. The van der Waals surface area contributed by atoms with E-state index in [1.807, 2.05) is 44.2 Å². The number of hydrogen-bond acceptors (Lipinski definition) is 5. The molecular weight excluding hydrogens is 302 g/mol. The smallest absolute Gasteiger partial charge is 0.228 e. The van der Waals surface area contributed by atoms with Gasteiger partial charge in [-0.15, -0.1) is 0 Å². The van der Waals surface area contributed by atoms with E-state index in [4.69, 9.17) is 15.0 Å². The second-order valence-electron chi connectivity index (χ2n) is 5.76. The van der Waals surface area contributed by atoms with Crippen molar-refractivity contribution in [2.75, 3.05) is 6.54 Å². The molecule has 0 saturated carbocycles. The zero-order valence-corrected chi connectivity index (χ0v) is 14.0. The summed E-state index contributed by atoms with van der Waals surface area (Å²) in [5.41, 5.74) is 9.67. The lowest BCUT2D eigenvalue weighted by Gasteiger charge is -2.13. The standard InChI is InChI=1S/C19H21N3O2/c1-13-10-16(19-21-17(8-9-20)24-22-19)11-14(2)18(13)23-12-15-6-4-3-5-7-15/h3-7,10-11H,8-9,12,20H2,1-2H3. The van der Waals surface area contributed by atoms with Crippen molar-refractivity contribution in [2.24, 2.45) is 5.73 Å². The van der Waals surface area contributed by atoms with E-state index in [2.05, 4.69) is 22.3 Å². The number of hydrogen-bond donors (Lipinski definition) is 1. The van der Waals surface area contributed by atoms with Gasteiger partial charge in [-0.3, -0.25) is 0 Å². The third-order valence-corrected chi connectivity index (χ3v) is 3.77. The van der Waals surface area contributed by atoms with Gasteiger partial charge in [0.2, 0.25) is 11.7 Å². The average Bonchev–Trinajstić information content (AvgIpc) is 3.04. The van der Waals surface area contributed by atoms with Crippen LogP contribution in [0.5, 0.6) is 5.75 Å². The van der Waals surface area contributed by atoms with E-state index in [0.717, 1.165) is 28.0 Å². The Hall–Kier alpha value is -2.66. The first-order valence-electron chi connectivity index (χ1n) is 7.98. The summed E-state index contributed by atoms with van der Waals surface area (Å²) in [6.07, 6.45) is 0.587. The maximum absolute atomic E-state index is 6.01. The van der Waals surface area contributed by atoms with Crippen LogP contribution >= 0.6 is 0 Å². The summed E-state index contributed by atoms with van der Waals surface area (Å²) in [5, 5.41) is 4.03. The van der Waals surface area contributed by atoms with Crippen molar-refractivity contribution in [3.8, 4) is 17.1 Å². The molecule has 0 aliphatic carbocycles. The van der Waals surface area contributed by atoms with E-state index in [0.29, 0.717) is 31.3 Å². The van der Waals surface area contributed by atoms with Crippen molar-refractivity contribution in [3.05, 3.63) is 65.0 Å². The number of benzene rings is 2. The zero-order chi connectivity index (χ0) is 16.9. The Morgan fingerprint density at radius 2 is 1.79 bits per heavy atom. The van der Waals surface area contributed by atoms with Crippen LogP contribution in [0.2, 0.25) is 0 Å². The molecule has 0 saturated heterocycles. The van der Waals surface area contributed by atoms with Crippen LogP contribution in [0.1, 0.15) is 22.6 Å². The molecule has 0 spiro atoms. The lowest BCUT2D eigenvalue weighted by atomic mass is 10.1. The van der Waals surface area contributed by atoms with Crippen molar-refractivity contribution in [1.29, 1.82) is 0 Å². The Balaban J connectivity index is 1.80. The molecule has 0 bridgehead atoms. The zero-order valence-electron chi connectivity index (χ0n) is 14.0. The van der Waals surface area contributed by atoms with Crippen LogP contribution < -0.4 is 10.5 Å². The molecule has 5 heteroatoms. The van der Waals surface area contributed by atoms with Crippen LogP contribution in [0, 0.1) is 13.8 Å². The number of ether oxygens (including phenoxy) is 1. The molecule has 0 aliphatic heterocycles. The molecular formula is C19H21N3O2. The van der Waals surface area contributed by atoms with Crippen LogP contribution in [0.3, 0.4) is 0 Å². The number of nitrogens with two attached hydrogens (primary N) is 1. The van der Waals surface area contributed by atoms with Gasteiger partial charge < -0.3 is 15.0 Å². The van der Waals surface area contributed by atoms with Gasteiger partial charge in [-0.25, -0.2) is 0 Å². The highest BCUT2D eigenvalue weighted by Gasteiger charge is 2.12. The first kappa shape index (κ1) is 16.2. The molecule has 0 radical (unpaired) electrons. The van der Waals surface area contributed by atoms with Gasteiger partial charge in [0, 0.05) is 18.5 Å². The van der Waals surface area contributed by atoms with E-state index in [1.54, 1.807) is 0 Å². The summed E-state index contributed by atoms with van der Waals surface area (Å²) in [4.78, 5) is 4.38. The van der Waals surface area contributed by atoms with Gasteiger partial charge in [0.25, 0.3) is 0 Å². The lowest BCUT2D eigenvalue weighted by Crippen LogP contribution is -2.02. The van der Waals surface area contributed by atoms with Gasteiger partial charge >= 0.3 is 0 Å². The molecule has 124 valence electrons. The summed E-state index contributed by atoms with van der Waals surface area (Å²) >= 11 is 0. The predicted octanol–water partition coefficient (Wildman–Crippen LogP) is 3.43. The molecule has 5 nitrogen and oxygen atoms in total. The molecule has 1 aromatic heterocycles. The minimum absolute atomic E-state index is 0.492. The van der Waals surface area contributed by atoms with E-state index in [-0.39, 0.29) is 0 Å². The number of aryl methyl sites for hydroxylation is 2. The van der Waals surface area contributed by atoms with Gasteiger partial charge in [0.05, 0.1) is 0 Å². The van der Waals surface area contributed by atoms with Crippen LogP contribution in [-0.4, -0.2) is 16.7 Å². The molecule has 2 aromatic carbocycles. The third-order valence-electron chi connectivity index (χ3n) is 3.77. The van der Waals surface area contributed by atoms with Crippen molar-refractivity contribution in [3.63, 3.8) is 0 Å². The fourth-order valence-corrected chi connectivity index (χ4v) is 2.63. The Labute approximate surface area is 141 Å². The van der Waals surface area contributed by atoms with Gasteiger partial charge in [-0.1, -0.05) is 35.5 Å². The maximum atomic E-state index is 6.01. The van der Waals surface area contributed by atoms with Gasteiger partial charge in [0.15, 0.2) is 0 Å². The Bertz CT molecular complexity index is 789. The first-order valence-corrected chi connectivity index (χ1v) is 7.98. The van der Waals surface area contributed by atoms with Crippen LogP contribution in [0.25, 0.3) is 11.4 Å². The molecule has 3 rings (SSSR count). The molecule has 1 heterocycles.